The molecule has 3 heterocycles. The molecule has 0 saturated carbocycles. The third kappa shape index (κ3) is 4.69. The SMILES string of the molecule is CC1Oc2cc(NC(=O)CCN3C(=O)c4ccccc4C3=O)ccc2N(CCN2CCOCC2)C1=O. The molecule has 0 spiro atoms. The quantitative estimate of drug-likeness (QED) is 0.587. The molecule has 1 fully saturated rings. The molecule has 3 aliphatic rings. The van der Waals surface area contributed by atoms with E-state index in [2.05, 4.69) is 10.2 Å². The smallest absolute Gasteiger partial charge is 0.267 e. The number of nitrogens with zero attached hydrogens (tertiary/aromatic N) is 3. The molecule has 1 unspecified atom stereocenters. The van der Waals surface area contributed by atoms with Crippen molar-refractivity contribution in [3.8, 4) is 5.75 Å². The zero-order chi connectivity index (χ0) is 25.2. The van der Waals surface area contributed by atoms with E-state index < -0.39 is 6.10 Å². The number of ether oxygens (including phenoxy) is 2. The maximum atomic E-state index is 12.8. The van der Waals surface area contributed by atoms with Crippen LogP contribution >= 0.6 is 0 Å². The van der Waals surface area contributed by atoms with Crippen LogP contribution in [0.1, 0.15) is 34.1 Å². The lowest BCUT2D eigenvalue weighted by Crippen LogP contribution is -2.48. The van der Waals surface area contributed by atoms with Crippen molar-refractivity contribution >= 4 is 35.0 Å². The number of hydrogen-bond donors (Lipinski definition) is 1. The molecule has 2 aromatic rings. The Balaban J connectivity index is 1.21. The molecule has 0 bridgehead atoms. The minimum atomic E-state index is -0.637. The number of rotatable bonds is 7. The Morgan fingerprint density at radius 2 is 1.64 bits per heavy atom. The molecule has 5 rings (SSSR count). The summed E-state index contributed by atoms with van der Waals surface area (Å²) in [6.07, 6.45) is -0.675. The van der Waals surface area contributed by atoms with Crippen molar-refractivity contribution in [3.05, 3.63) is 53.6 Å². The van der Waals surface area contributed by atoms with Crippen LogP contribution in [0.3, 0.4) is 0 Å². The molecule has 36 heavy (non-hydrogen) atoms. The third-order valence-corrected chi connectivity index (χ3v) is 6.64. The minimum Gasteiger partial charge on any atom is -0.479 e. The number of carbonyl (C=O) groups excluding carboxylic acids is 4. The summed E-state index contributed by atoms with van der Waals surface area (Å²) in [6, 6.07) is 11.8. The Labute approximate surface area is 208 Å². The molecule has 1 atom stereocenters. The highest BCUT2D eigenvalue weighted by Crippen LogP contribution is 2.36. The first kappa shape index (κ1) is 24.0. The van der Waals surface area contributed by atoms with Gasteiger partial charge >= 0.3 is 0 Å². The van der Waals surface area contributed by atoms with Crippen molar-refractivity contribution < 1.29 is 28.7 Å². The van der Waals surface area contributed by atoms with E-state index >= 15 is 0 Å². The Kier molecular flexibility index (Phi) is 6.71. The van der Waals surface area contributed by atoms with E-state index in [1.54, 1.807) is 54.3 Å². The van der Waals surface area contributed by atoms with Crippen LogP contribution in [0.25, 0.3) is 0 Å². The van der Waals surface area contributed by atoms with Gasteiger partial charge in [-0.25, -0.2) is 0 Å². The van der Waals surface area contributed by atoms with Gasteiger partial charge in [0.1, 0.15) is 5.75 Å². The van der Waals surface area contributed by atoms with E-state index in [1.807, 2.05) is 0 Å². The van der Waals surface area contributed by atoms with Crippen molar-refractivity contribution in [2.45, 2.75) is 19.4 Å². The summed E-state index contributed by atoms with van der Waals surface area (Å²) < 4.78 is 11.2. The summed E-state index contributed by atoms with van der Waals surface area (Å²) >= 11 is 0. The zero-order valence-corrected chi connectivity index (χ0v) is 20.1. The fourth-order valence-electron chi connectivity index (χ4n) is 4.66. The molecule has 1 N–H and O–H groups in total. The van der Waals surface area contributed by atoms with Crippen LogP contribution in [0.2, 0.25) is 0 Å². The topological polar surface area (TPSA) is 108 Å². The normalized spacial score (nSPS) is 19.7. The first-order chi connectivity index (χ1) is 17.4. The number of anilines is 2. The predicted molar refractivity (Wildman–Crippen MR) is 131 cm³/mol. The van der Waals surface area contributed by atoms with Gasteiger partial charge in [-0.3, -0.25) is 29.0 Å². The molecule has 3 aliphatic heterocycles. The molecule has 0 aromatic heterocycles. The monoisotopic (exact) mass is 492 g/mol. The third-order valence-electron chi connectivity index (χ3n) is 6.64. The predicted octanol–water partition coefficient (Wildman–Crippen LogP) is 1.76. The Morgan fingerprint density at radius 3 is 2.33 bits per heavy atom. The van der Waals surface area contributed by atoms with E-state index in [9.17, 15) is 19.2 Å². The van der Waals surface area contributed by atoms with Crippen LogP contribution in [-0.4, -0.2) is 85.5 Å². The van der Waals surface area contributed by atoms with Gasteiger partial charge in [0.2, 0.25) is 5.91 Å². The maximum absolute atomic E-state index is 12.8. The molecule has 10 heteroatoms. The number of amides is 4. The highest BCUT2D eigenvalue weighted by Gasteiger charge is 2.35. The first-order valence-corrected chi connectivity index (χ1v) is 12.1. The van der Waals surface area contributed by atoms with Gasteiger partial charge in [-0.2, -0.15) is 0 Å². The van der Waals surface area contributed by atoms with Crippen molar-refractivity contribution in [1.82, 2.24) is 9.80 Å². The van der Waals surface area contributed by atoms with Gasteiger partial charge in [-0.1, -0.05) is 12.1 Å². The van der Waals surface area contributed by atoms with Gasteiger partial charge in [0.05, 0.1) is 30.0 Å². The summed E-state index contributed by atoms with van der Waals surface area (Å²) in [5.41, 5.74) is 1.89. The minimum absolute atomic E-state index is 0.0134. The number of imide groups is 1. The van der Waals surface area contributed by atoms with Crippen molar-refractivity contribution in [2.75, 3.05) is 56.2 Å². The van der Waals surface area contributed by atoms with Gasteiger partial charge in [0.25, 0.3) is 17.7 Å². The number of hydrogen-bond acceptors (Lipinski definition) is 7. The molecule has 0 aliphatic carbocycles. The van der Waals surface area contributed by atoms with E-state index in [0.717, 1.165) is 24.5 Å². The van der Waals surface area contributed by atoms with Crippen molar-refractivity contribution in [3.63, 3.8) is 0 Å². The summed E-state index contributed by atoms with van der Waals surface area (Å²) in [6.45, 7) is 6.03. The molecular weight excluding hydrogens is 464 g/mol. The highest BCUT2D eigenvalue weighted by atomic mass is 16.5. The van der Waals surface area contributed by atoms with Crippen LogP contribution in [0.15, 0.2) is 42.5 Å². The number of benzene rings is 2. The molecule has 10 nitrogen and oxygen atoms in total. The summed E-state index contributed by atoms with van der Waals surface area (Å²) in [5.74, 6) is -0.700. The number of morpholine rings is 1. The Hall–Kier alpha value is -3.76. The number of carbonyl (C=O) groups is 4. The molecular formula is C26H28N4O6. The number of nitrogens with one attached hydrogen (secondary N) is 1. The Morgan fingerprint density at radius 1 is 0.944 bits per heavy atom. The lowest BCUT2D eigenvalue weighted by molar-refractivity contribution is -0.125. The molecule has 1 saturated heterocycles. The fraction of sp³-hybridized carbons (Fsp3) is 0.385. The molecule has 4 amide bonds. The lowest BCUT2D eigenvalue weighted by Gasteiger charge is -2.35. The van der Waals surface area contributed by atoms with Crippen molar-refractivity contribution in [1.29, 1.82) is 0 Å². The summed E-state index contributed by atoms with van der Waals surface area (Å²) in [5, 5.41) is 2.80. The van der Waals surface area contributed by atoms with Gasteiger partial charge in [-0.15, -0.1) is 0 Å². The second kappa shape index (κ2) is 10.1. The molecule has 0 radical (unpaired) electrons. The molecule has 2 aromatic carbocycles. The van der Waals surface area contributed by atoms with E-state index in [4.69, 9.17) is 9.47 Å². The average Bonchev–Trinajstić information content (AvgIpc) is 3.13. The summed E-state index contributed by atoms with van der Waals surface area (Å²) in [4.78, 5) is 55.5. The van der Waals surface area contributed by atoms with E-state index in [1.165, 1.54) is 0 Å². The molecule has 188 valence electrons. The van der Waals surface area contributed by atoms with E-state index in [-0.39, 0.29) is 36.6 Å². The van der Waals surface area contributed by atoms with Crippen molar-refractivity contribution in [2.24, 2.45) is 0 Å². The van der Waals surface area contributed by atoms with Gasteiger partial charge in [0.15, 0.2) is 6.10 Å². The standard InChI is InChI=1S/C26H28N4O6/c1-17-24(32)29(11-10-28-12-14-35-15-13-28)21-7-6-18(16-22(21)36-17)27-23(31)8-9-30-25(33)19-4-2-3-5-20(19)26(30)34/h2-7,16-17H,8-15H2,1H3,(H,27,31). The highest BCUT2D eigenvalue weighted by molar-refractivity contribution is 6.21. The van der Waals surface area contributed by atoms with Crippen LogP contribution in [0.5, 0.6) is 5.75 Å². The van der Waals surface area contributed by atoms with E-state index in [0.29, 0.717) is 48.0 Å². The van der Waals surface area contributed by atoms with Gasteiger partial charge in [0, 0.05) is 50.9 Å². The maximum Gasteiger partial charge on any atom is 0.267 e. The average molecular weight is 493 g/mol. The van der Waals surface area contributed by atoms with Gasteiger partial charge in [-0.05, 0) is 31.2 Å². The lowest BCUT2D eigenvalue weighted by atomic mass is 10.1. The largest absolute Gasteiger partial charge is 0.479 e. The van der Waals surface area contributed by atoms with Crippen LogP contribution in [-0.2, 0) is 14.3 Å². The van der Waals surface area contributed by atoms with Gasteiger partial charge < -0.3 is 19.7 Å². The second-order valence-corrected chi connectivity index (χ2v) is 8.99. The first-order valence-electron chi connectivity index (χ1n) is 12.1. The van der Waals surface area contributed by atoms with Crippen LogP contribution in [0, 0.1) is 0 Å². The summed E-state index contributed by atoms with van der Waals surface area (Å²) in [7, 11) is 0. The van der Waals surface area contributed by atoms with Crippen LogP contribution < -0.4 is 15.0 Å². The zero-order valence-electron chi connectivity index (χ0n) is 20.1. The Bertz CT molecular complexity index is 1170. The fourth-order valence-corrected chi connectivity index (χ4v) is 4.66. The second-order valence-electron chi connectivity index (χ2n) is 8.99. The number of fused-ring (bicyclic) bond motifs is 2. The van der Waals surface area contributed by atoms with Crippen LogP contribution in [0.4, 0.5) is 11.4 Å².